The largest absolute Gasteiger partial charge is 0.475 e. The molecule has 3 heterocycles. The first kappa shape index (κ1) is 27.1. The van der Waals surface area contributed by atoms with Gasteiger partial charge in [-0.05, 0) is 63.1 Å². The topological polar surface area (TPSA) is 64.8 Å². The van der Waals surface area contributed by atoms with Gasteiger partial charge in [0, 0.05) is 22.4 Å². The number of allylic oxidation sites excluding steroid dienone is 2. The molecule has 0 fully saturated rings. The van der Waals surface area contributed by atoms with Crippen molar-refractivity contribution < 1.29 is 13.9 Å². The van der Waals surface area contributed by atoms with Crippen LogP contribution in [0.4, 0.5) is 10.1 Å². The standard InChI is InChI=1S/C30H33ClFN5O2/c1-5-6-7-14-36-26-13-10-22(31)15-24(26)29-35-34-28(18-38-19(2)3)37(29)16-27(36)20(4)30-33-25(17-39-30)21-8-11-23(32)12-9-21/h7-15,19,25H,5-6,16-18H2,1-4H3/b14-7+,27-20+/t25-/m1/s1. The molecule has 0 radical (unpaired) electrons. The lowest BCUT2D eigenvalue weighted by Crippen LogP contribution is -2.23. The zero-order chi connectivity index (χ0) is 27.5. The Labute approximate surface area is 233 Å². The Hall–Kier alpha value is -3.49. The highest BCUT2D eigenvalue weighted by Gasteiger charge is 2.30. The van der Waals surface area contributed by atoms with Gasteiger partial charge in [0.25, 0.3) is 0 Å². The average molecular weight is 550 g/mol. The second-order valence-electron chi connectivity index (χ2n) is 9.97. The van der Waals surface area contributed by atoms with E-state index in [-0.39, 0.29) is 18.0 Å². The third-order valence-electron chi connectivity index (χ3n) is 6.80. The number of nitrogens with zero attached hydrogens (tertiary/aromatic N) is 5. The first-order chi connectivity index (χ1) is 18.9. The third-order valence-corrected chi connectivity index (χ3v) is 7.04. The quantitative estimate of drug-likeness (QED) is 0.296. The van der Waals surface area contributed by atoms with E-state index in [0.717, 1.165) is 52.6 Å². The van der Waals surface area contributed by atoms with E-state index in [4.69, 9.17) is 26.1 Å². The van der Waals surface area contributed by atoms with Gasteiger partial charge in [0.05, 0.1) is 24.0 Å². The van der Waals surface area contributed by atoms with Gasteiger partial charge in [-0.25, -0.2) is 9.38 Å². The van der Waals surface area contributed by atoms with Gasteiger partial charge in [0.1, 0.15) is 25.1 Å². The van der Waals surface area contributed by atoms with Gasteiger partial charge >= 0.3 is 0 Å². The molecular formula is C30H33ClFN5O2. The van der Waals surface area contributed by atoms with Crippen LogP contribution in [0.2, 0.25) is 5.02 Å². The summed E-state index contributed by atoms with van der Waals surface area (Å²) in [5, 5.41) is 9.67. The van der Waals surface area contributed by atoms with E-state index in [9.17, 15) is 4.39 Å². The zero-order valence-corrected chi connectivity index (χ0v) is 23.5. The Kier molecular flexibility index (Phi) is 8.14. The Morgan fingerprint density at radius 3 is 2.74 bits per heavy atom. The lowest BCUT2D eigenvalue weighted by Gasteiger charge is -2.25. The molecule has 2 aliphatic rings. The summed E-state index contributed by atoms with van der Waals surface area (Å²) in [6.07, 6.45) is 6.30. The van der Waals surface area contributed by atoms with E-state index in [1.165, 1.54) is 12.1 Å². The molecule has 1 atom stereocenters. The first-order valence-corrected chi connectivity index (χ1v) is 13.7. The molecule has 39 heavy (non-hydrogen) atoms. The van der Waals surface area contributed by atoms with Crippen LogP contribution in [0.25, 0.3) is 11.4 Å². The van der Waals surface area contributed by atoms with Crippen LogP contribution >= 0.6 is 11.6 Å². The summed E-state index contributed by atoms with van der Waals surface area (Å²) < 4.78 is 27.6. The number of rotatable bonds is 8. The van der Waals surface area contributed by atoms with Crippen molar-refractivity contribution in [2.24, 2.45) is 4.99 Å². The lowest BCUT2D eigenvalue weighted by atomic mass is 10.1. The van der Waals surface area contributed by atoms with E-state index >= 15 is 0 Å². The summed E-state index contributed by atoms with van der Waals surface area (Å²) in [6, 6.07) is 12.1. The van der Waals surface area contributed by atoms with Crippen LogP contribution in [0, 0.1) is 5.82 Å². The van der Waals surface area contributed by atoms with E-state index in [1.54, 1.807) is 12.1 Å². The predicted molar refractivity (Wildman–Crippen MR) is 152 cm³/mol. The fraction of sp³-hybridized carbons (Fsp3) is 0.367. The van der Waals surface area contributed by atoms with Gasteiger partial charge in [0.15, 0.2) is 11.6 Å². The van der Waals surface area contributed by atoms with E-state index in [0.29, 0.717) is 30.7 Å². The Balaban J connectivity index is 1.64. The van der Waals surface area contributed by atoms with Crippen molar-refractivity contribution in [2.45, 2.75) is 65.8 Å². The molecule has 0 saturated heterocycles. The van der Waals surface area contributed by atoms with Crippen LogP contribution in [0.1, 0.15) is 58.0 Å². The van der Waals surface area contributed by atoms with Gasteiger partial charge in [-0.2, -0.15) is 0 Å². The van der Waals surface area contributed by atoms with Gasteiger partial charge in [-0.3, -0.25) is 0 Å². The fourth-order valence-electron chi connectivity index (χ4n) is 4.69. The van der Waals surface area contributed by atoms with Crippen molar-refractivity contribution >= 4 is 23.2 Å². The molecule has 3 aromatic rings. The average Bonchev–Trinajstić information content (AvgIpc) is 3.54. The smallest absolute Gasteiger partial charge is 0.214 e. The maximum absolute atomic E-state index is 13.5. The van der Waals surface area contributed by atoms with E-state index < -0.39 is 0 Å². The molecule has 9 heteroatoms. The number of unbranched alkanes of at least 4 members (excludes halogenated alkanes) is 1. The van der Waals surface area contributed by atoms with Crippen molar-refractivity contribution in [1.29, 1.82) is 0 Å². The summed E-state index contributed by atoms with van der Waals surface area (Å²) >= 11 is 6.47. The summed E-state index contributed by atoms with van der Waals surface area (Å²) in [5.41, 5.74) is 4.62. The number of anilines is 1. The lowest BCUT2D eigenvalue weighted by molar-refractivity contribution is 0.0595. The molecule has 0 aliphatic carbocycles. The van der Waals surface area contributed by atoms with Crippen LogP contribution in [-0.4, -0.2) is 33.4 Å². The van der Waals surface area contributed by atoms with Gasteiger partial charge in [0.2, 0.25) is 5.90 Å². The molecule has 0 amide bonds. The van der Waals surface area contributed by atoms with Crippen LogP contribution in [-0.2, 0) is 22.6 Å². The Bertz CT molecular complexity index is 1430. The van der Waals surface area contributed by atoms with Gasteiger partial charge in [-0.15, -0.1) is 10.2 Å². The van der Waals surface area contributed by atoms with Gasteiger partial charge in [-0.1, -0.05) is 43.2 Å². The third kappa shape index (κ3) is 5.77. The first-order valence-electron chi connectivity index (χ1n) is 13.3. The monoisotopic (exact) mass is 549 g/mol. The second-order valence-corrected chi connectivity index (χ2v) is 10.4. The highest BCUT2D eigenvalue weighted by atomic mass is 35.5. The van der Waals surface area contributed by atoms with Crippen LogP contribution in [0.15, 0.2) is 71.0 Å². The molecule has 0 bridgehead atoms. The zero-order valence-electron chi connectivity index (χ0n) is 22.7. The highest BCUT2D eigenvalue weighted by Crippen LogP contribution is 2.40. The molecule has 5 rings (SSSR count). The van der Waals surface area contributed by atoms with Crippen molar-refractivity contribution in [3.63, 3.8) is 0 Å². The van der Waals surface area contributed by atoms with Crippen molar-refractivity contribution in [2.75, 3.05) is 11.5 Å². The SMILES string of the molecule is CCC/C=C/N1/C(=C(\C)C2=N[C@@H](c3ccc(F)cc3)CO2)Cn2c(COC(C)C)nnc2-c2cc(Cl)ccc21. The van der Waals surface area contributed by atoms with Crippen LogP contribution in [0.5, 0.6) is 0 Å². The van der Waals surface area contributed by atoms with Crippen LogP contribution in [0.3, 0.4) is 0 Å². The molecule has 7 nitrogen and oxygen atoms in total. The number of hydrogen-bond donors (Lipinski definition) is 0. The Morgan fingerprint density at radius 2 is 2.00 bits per heavy atom. The summed E-state index contributed by atoms with van der Waals surface area (Å²) in [6.45, 7) is 9.39. The molecule has 204 valence electrons. The minimum absolute atomic E-state index is 0.0559. The van der Waals surface area contributed by atoms with Gasteiger partial charge < -0.3 is 18.9 Å². The number of benzene rings is 2. The van der Waals surface area contributed by atoms with E-state index in [1.807, 2.05) is 39.0 Å². The number of aliphatic imine (C=N–C) groups is 1. The molecule has 0 spiro atoms. The fourth-order valence-corrected chi connectivity index (χ4v) is 4.86. The number of halogens is 2. The highest BCUT2D eigenvalue weighted by molar-refractivity contribution is 6.31. The van der Waals surface area contributed by atoms with Crippen molar-refractivity contribution in [3.05, 3.63) is 88.2 Å². The van der Waals surface area contributed by atoms with Crippen molar-refractivity contribution in [3.8, 4) is 11.4 Å². The van der Waals surface area contributed by atoms with E-state index in [2.05, 4.69) is 38.9 Å². The molecule has 1 aromatic heterocycles. The van der Waals surface area contributed by atoms with Crippen LogP contribution < -0.4 is 4.90 Å². The number of hydrogen-bond acceptors (Lipinski definition) is 6. The predicted octanol–water partition coefficient (Wildman–Crippen LogP) is 7.24. The molecule has 0 N–H and O–H groups in total. The molecule has 2 aromatic carbocycles. The molecule has 2 aliphatic heterocycles. The maximum atomic E-state index is 13.5. The second kappa shape index (κ2) is 11.7. The van der Waals surface area contributed by atoms with Crippen molar-refractivity contribution in [1.82, 2.24) is 14.8 Å². The minimum atomic E-state index is -0.270. The Morgan fingerprint density at radius 1 is 1.21 bits per heavy atom. The maximum Gasteiger partial charge on any atom is 0.214 e. The number of ether oxygens (including phenoxy) is 2. The summed E-state index contributed by atoms with van der Waals surface area (Å²) in [4.78, 5) is 7.07. The summed E-state index contributed by atoms with van der Waals surface area (Å²) in [7, 11) is 0. The molecule has 0 saturated carbocycles. The molecular weight excluding hydrogens is 517 g/mol. The summed E-state index contributed by atoms with van der Waals surface area (Å²) in [5.74, 6) is 1.76. The molecule has 0 unspecified atom stereocenters. The normalized spacial score (nSPS) is 18.2. The minimum Gasteiger partial charge on any atom is -0.475 e. The number of fused-ring (bicyclic) bond motifs is 3. The number of aromatic nitrogens is 3.